The van der Waals surface area contributed by atoms with E-state index in [1.54, 1.807) is 0 Å². The molecule has 5 N–H and O–H groups in total. The number of primary amides is 1. The Kier molecular flexibility index (Phi) is 7.50. The van der Waals surface area contributed by atoms with Gasteiger partial charge in [-0.25, -0.2) is 9.59 Å². The Bertz CT molecular complexity index is 303. The smallest absolute Gasteiger partial charge is 0.326 e. The Hall–Kier alpha value is -1.79. The average molecular weight is 259 g/mol. The van der Waals surface area contributed by atoms with Crippen LogP contribution in [0.4, 0.5) is 4.79 Å². The van der Waals surface area contributed by atoms with Crippen LogP contribution in [0.1, 0.15) is 33.1 Å². The van der Waals surface area contributed by atoms with Gasteiger partial charge in [0, 0.05) is 6.54 Å². The van der Waals surface area contributed by atoms with Crippen LogP contribution >= 0.6 is 0 Å². The van der Waals surface area contributed by atoms with Gasteiger partial charge in [0.25, 0.3) is 0 Å². The van der Waals surface area contributed by atoms with Crippen molar-refractivity contribution in [3.05, 3.63) is 0 Å². The standard InChI is InChI=1S/C11H21N3O4/c1-3-7(4-2)6-13-11(18)14-8(10(16)17)5-9(12)15/h7-8H,3-6H2,1-2H3,(H2,12,15)(H,16,17)(H2,13,14,18). The van der Waals surface area contributed by atoms with Gasteiger partial charge in [-0.05, 0) is 5.92 Å². The molecule has 0 aliphatic rings. The maximum atomic E-state index is 11.4. The molecule has 7 heteroatoms. The molecule has 0 aromatic carbocycles. The fraction of sp³-hybridized carbons (Fsp3) is 0.727. The maximum absolute atomic E-state index is 11.4. The first-order valence-electron chi connectivity index (χ1n) is 5.96. The number of rotatable bonds is 8. The first-order chi connectivity index (χ1) is 8.40. The number of urea groups is 1. The lowest BCUT2D eigenvalue weighted by molar-refractivity contribution is -0.140. The van der Waals surface area contributed by atoms with Gasteiger partial charge in [-0.15, -0.1) is 0 Å². The molecule has 0 aliphatic carbocycles. The number of carboxylic acids is 1. The number of carbonyl (C=O) groups is 3. The lowest BCUT2D eigenvalue weighted by Gasteiger charge is -2.16. The van der Waals surface area contributed by atoms with Gasteiger partial charge in [-0.3, -0.25) is 4.79 Å². The number of nitrogens with two attached hydrogens (primary N) is 1. The normalized spacial score (nSPS) is 11.9. The number of hydrogen-bond acceptors (Lipinski definition) is 3. The van der Waals surface area contributed by atoms with Crippen LogP contribution in [0.5, 0.6) is 0 Å². The van der Waals surface area contributed by atoms with Crippen LogP contribution in [0.2, 0.25) is 0 Å². The van der Waals surface area contributed by atoms with Crippen LogP contribution in [-0.2, 0) is 9.59 Å². The SMILES string of the molecule is CCC(CC)CNC(=O)NC(CC(N)=O)C(=O)O. The highest BCUT2D eigenvalue weighted by atomic mass is 16.4. The van der Waals surface area contributed by atoms with Crippen molar-refractivity contribution in [3.63, 3.8) is 0 Å². The molecule has 0 aromatic heterocycles. The van der Waals surface area contributed by atoms with E-state index in [2.05, 4.69) is 10.6 Å². The van der Waals surface area contributed by atoms with Gasteiger partial charge in [0.2, 0.25) is 5.91 Å². The summed E-state index contributed by atoms with van der Waals surface area (Å²) in [5.41, 5.74) is 4.90. The van der Waals surface area contributed by atoms with Crippen LogP contribution in [0, 0.1) is 5.92 Å². The molecule has 0 aliphatic heterocycles. The van der Waals surface area contributed by atoms with Crippen molar-refractivity contribution < 1.29 is 19.5 Å². The van der Waals surface area contributed by atoms with Crippen molar-refractivity contribution in [2.75, 3.05) is 6.54 Å². The van der Waals surface area contributed by atoms with Crippen LogP contribution in [0.3, 0.4) is 0 Å². The zero-order valence-electron chi connectivity index (χ0n) is 10.7. The van der Waals surface area contributed by atoms with E-state index in [1.807, 2.05) is 13.8 Å². The zero-order chi connectivity index (χ0) is 14.1. The van der Waals surface area contributed by atoms with Crippen LogP contribution < -0.4 is 16.4 Å². The molecule has 0 saturated carbocycles. The van der Waals surface area contributed by atoms with E-state index in [-0.39, 0.29) is 0 Å². The van der Waals surface area contributed by atoms with Gasteiger partial charge in [0.05, 0.1) is 6.42 Å². The van der Waals surface area contributed by atoms with Gasteiger partial charge in [0.1, 0.15) is 6.04 Å². The van der Waals surface area contributed by atoms with E-state index in [0.29, 0.717) is 12.5 Å². The summed E-state index contributed by atoms with van der Waals surface area (Å²) in [7, 11) is 0. The monoisotopic (exact) mass is 259 g/mol. The first-order valence-corrected chi connectivity index (χ1v) is 5.96. The molecule has 0 spiro atoms. The third-order valence-corrected chi connectivity index (χ3v) is 2.71. The molecule has 0 heterocycles. The van der Waals surface area contributed by atoms with Gasteiger partial charge in [0.15, 0.2) is 0 Å². The second kappa shape index (κ2) is 8.32. The topological polar surface area (TPSA) is 122 Å². The molecule has 0 bridgehead atoms. The van der Waals surface area contributed by atoms with E-state index in [0.717, 1.165) is 12.8 Å². The summed E-state index contributed by atoms with van der Waals surface area (Å²) in [4.78, 5) is 32.9. The summed E-state index contributed by atoms with van der Waals surface area (Å²) in [6, 6.07) is -1.89. The third-order valence-electron chi connectivity index (χ3n) is 2.71. The fourth-order valence-electron chi connectivity index (χ4n) is 1.42. The minimum absolute atomic E-state index is 0.357. The van der Waals surface area contributed by atoms with Gasteiger partial charge in [-0.2, -0.15) is 0 Å². The Morgan fingerprint density at radius 3 is 2.17 bits per heavy atom. The van der Waals surface area contributed by atoms with Crippen LogP contribution in [0.15, 0.2) is 0 Å². The number of carboxylic acid groups (broad SMARTS) is 1. The molecular weight excluding hydrogens is 238 g/mol. The second-order valence-corrected chi connectivity index (χ2v) is 4.10. The van der Waals surface area contributed by atoms with Crippen molar-refractivity contribution in [2.24, 2.45) is 11.7 Å². The second-order valence-electron chi connectivity index (χ2n) is 4.10. The van der Waals surface area contributed by atoms with E-state index in [4.69, 9.17) is 10.8 Å². The Morgan fingerprint density at radius 2 is 1.78 bits per heavy atom. The number of carbonyl (C=O) groups excluding carboxylic acids is 2. The zero-order valence-corrected chi connectivity index (χ0v) is 10.7. The Morgan fingerprint density at radius 1 is 1.22 bits per heavy atom. The molecule has 18 heavy (non-hydrogen) atoms. The minimum Gasteiger partial charge on any atom is -0.480 e. The number of amides is 3. The van der Waals surface area contributed by atoms with Crippen LogP contribution in [-0.4, -0.2) is 35.6 Å². The number of hydrogen-bond donors (Lipinski definition) is 4. The molecule has 1 unspecified atom stereocenters. The first kappa shape index (κ1) is 16.2. The molecule has 3 amide bonds. The van der Waals surface area contributed by atoms with Crippen molar-refractivity contribution in [2.45, 2.75) is 39.2 Å². The quantitative estimate of drug-likeness (QED) is 0.492. The summed E-state index contributed by atoms with van der Waals surface area (Å²) in [6.45, 7) is 4.50. The van der Waals surface area contributed by atoms with Crippen molar-refractivity contribution >= 4 is 17.9 Å². The lowest BCUT2D eigenvalue weighted by Crippen LogP contribution is -2.48. The third kappa shape index (κ3) is 6.72. The highest BCUT2D eigenvalue weighted by molar-refractivity contribution is 5.87. The highest BCUT2D eigenvalue weighted by Gasteiger charge is 2.22. The molecule has 0 aromatic rings. The van der Waals surface area contributed by atoms with Gasteiger partial charge < -0.3 is 21.5 Å². The summed E-state index contributed by atoms with van der Waals surface area (Å²) in [5, 5.41) is 13.6. The van der Waals surface area contributed by atoms with Crippen molar-refractivity contribution in [1.29, 1.82) is 0 Å². The number of nitrogens with one attached hydrogen (secondary N) is 2. The Labute approximate surface area is 106 Å². The van der Waals surface area contributed by atoms with Crippen molar-refractivity contribution in [1.82, 2.24) is 10.6 Å². The van der Waals surface area contributed by atoms with E-state index < -0.39 is 30.4 Å². The molecule has 0 saturated heterocycles. The van der Waals surface area contributed by atoms with Gasteiger partial charge in [-0.1, -0.05) is 26.7 Å². The number of aliphatic carboxylic acids is 1. The van der Waals surface area contributed by atoms with Crippen molar-refractivity contribution in [3.8, 4) is 0 Å². The molecule has 104 valence electrons. The molecule has 0 rings (SSSR count). The predicted molar refractivity (Wildman–Crippen MR) is 65.8 cm³/mol. The predicted octanol–water partition coefficient (Wildman–Crippen LogP) is 0.0504. The summed E-state index contributed by atoms with van der Waals surface area (Å²) in [6.07, 6.45) is 1.44. The minimum atomic E-state index is -1.29. The Balaban J connectivity index is 4.17. The molecule has 1 atom stereocenters. The highest BCUT2D eigenvalue weighted by Crippen LogP contribution is 2.04. The molecule has 7 nitrogen and oxygen atoms in total. The van der Waals surface area contributed by atoms with E-state index >= 15 is 0 Å². The maximum Gasteiger partial charge on any atom is 0.326 e. The summed E-state index contributed by atoms with van der Waals surface area (Å²) >= 11 is 0. The van der Waals surface area contributed by atoms with Crippen LogP contribution in [0.25, 0.3) is 0 Å². The average Bonchev–Trinajstić information content (AvgIpc) is 2.28. The molecule has 0 radical (unpaired) electrons. The summed E-state index contributed by atoms with van der Waals surface area (Å²) < 4.78 is 0. The van der Waals surface area contributed by atoms with E-state index in [1.165, 1.54) is 0 Å². The fourth-order valence-corrected chi connectivity index (χ4v) is 1.42. The molecule has 0 fully saturated rings. The largest absolute Gasteiger partial charge is 0.480 e. The van der Waals surface area contributed by atoms with Gasteiger partial charge >= 0.3 is 12.0 Å². The van der Waals surface area contributed by atoms with E-state index in [9.17, 15) is 14.4 Å². The summed E-state index contributed by atoms with van der Waals surface area (Å²) in [5.74, 6) is -1.70. The lowest BCUT2D eigenvalue weighted by atomic mass is 10.0. The molecular formula is C11H21N3O4.